The van der Waals surface area contributed by atoms with Crippen molar-refractivity contribution in [1.82, 2.24) is 10.6 Å². The van der Waals surface area contributed by atoms with Crippen LogP contribution >= 0.6 is 0 Å². The summed E-state index contributed by atoms with van der Waals surface area (Å²) in [5, 5.41) is 17.2. The van der Waals surface area contributed by atoms with Gasteiger partial charge in [-0.3, -0.25) is 20.6 Å². The molecule has 9 heteroatoms. The number of nitrogens with two attached hydrogens (primary N) is 1. The fraction of sp³-hybridized carbons (Fsp3) is 0.368. The van der Waals surface area contributed by atoms with Gasteiger partial charge < -0.3 is 15.4 Å². The van der Waals surface area contributed by atoms with Gasteiger partial charge in [0, 0.05) is 35.1 Å². The summed E-state index contributed by atoms with van der Waals surface area (Å²) in [6.07, 6.45) is 1.81. The summed E-state index contributed by atoms with van der Waals surface area (Å²) in [6.45, 7) is 3.11. The number of hydrogen-bond donors (Lipinski definition) is 3. The average Bonchev–Trinajstić information content (AvgIpc) is 3.45. The van der Waals surface area contributed by atoms with E-state index in [4.69, 9.17) is 10.5 Å². The topological polar surface area (TPSA) is 137 Å². The Labute approximate surface area is 161 Å². The molecule has 0 aromatic heterocycles. The van der Waals surface area contributed by atoms with Crippen LogP contribution < -0.4 is 16.4 Å². The van der Waals surface area contributed by atoms with Crippen LogP contribution in [-0.4, -0.2) is 29.6 Å². The normalized spacial score (nSPS) is 19.2. The first kappa shape index (κ1) is 19.6. The number of esters is 1. The third kappa shape index (κ3) is 3.89. The van der Waals surface area contributed by atoms with Crippen LogP contribution in [0.5, 0.6) is 0 Å². The van der Waals surface area contributed by atoms with Crippen molar-refractivity contribution in [3.05, 3.63) is 62.5 Å². The molecule has 9 nitrogen and oxygen atoms in total. The van der Waals surface area contributed by atoms with Crippen molar-refractivity contribution in [1.29, 1.82) is 0 Å². The fourth-order valence-electron chi connectivity index (χ4n) is 3.36. The molecule has 3 rings (SSSR count). The Hall–Kier alpha value is -3.20. The molecule has 4 N–H and O–H groups in total. The molecule has 1 aliphatic carbocycles. The highest BCUT2D eigenvalue weighted by molar-refractivity contribution is 6.02. The molecule has 1 saturated carbocycles. The van der Waals surface area contributed by atoms with E-state index in [1.54, 1.807) is 19.9 Å². The summed E-state index contributed by atoms with van der Waals surface area (Å²) in [6, 6.07) is 6.03. The number of non-ortho nitro benzene ring substituents is 1. The van der Waals surface area contributed by atoms with Crippen molar-refractivity contribution in [2.45, 2.75) is 38.6 Å². The molecule has 1 aromatic carbocycles. The summed E-state index contributed by atoms with van der Waals surface area (Å²) in [5.41, 5.74) is 7.32. The number of nitro benzene ring substituents is 1. The predicted molar refractivity (Wildman–Crippen MR) is 101 cm³/mol. The van der Waals surface area contributed by atoms with Gasteiger partial charge in [0.1, 0.15) is 6.73 Å². The van der Waals surface area contributed by atoms with Gasteiger partial charge in [-0.05, 0) is 32.3 Å². The van der Waals surface area contributed by atoms with Crippen LogP contribution in [-0.2, 0) is 14.3 Å². The lowest BCUT2D eigenvalue weighted by Crippen LogP contribution is -2.37. The monoisotopic (exact) mass is 386 g/mol. The first-order valence-corrected chi connectivity index (χ1v) is 8.94. The highest BCUT2D eigenvalue weighted by Crippen LogP contribution is 2.40. The second-order valence-electron chi connectivity index (χ2n) is 6.83. The molecule has 0 bridgehead atoms. The van der Waals surface area contributed by atoms with Crippen molar-refractivity contribution in [3.63, 3.8) is 0 Å². The maximum absolute atomic E-state index is 13.0. The second-order valence-corrected chi connectivity index (χ2v) is 6.83. The van der Waals surface area contributed by atoms with Gasteiger partial charge in [-0.15, -0.1) is 0 Å². The summed E-state index contributed by atoms with van der Waals surface area (Å²) >= 11 is 0. The molecule has 0 radical (unpaired) electrons. The zero-order valence-corrected chi connectivity index (χ0v) is 15.7. The number of nitrogens with zero attached hydrogens (tertiary/aromatic N) is 1. The van der Waals surface area contributed by atoms with E-state index >= 15 is 0 Å². The Morgan fingerprint density at radius 3 is 2.57 bits per heavy atom. The second kappa shape index (κ2) is 7.81. The first-order chi connectivity index (χ1) is 13.3. The number of amides is 1. The van der Waals surface area contributed by atoms with Gasteiger partial charge in [0.15, 0.2) is 0 Å². The highest BCUT2D eigenvalue weighted by Gasteiger charge is 2.39. The van der Waals surface area contributed by atoms with Gasteiger partial charge in [-0.25, -0.2) is 4.79 Å². The number of carbonyl (C=O) groups is 2. The first-order valence-electron chi connectivity index (χ1n) is 8.94. The Morgan fingerprint density at radius 1 is 1.29 bits per heavy atom. The van der Waals surface area contributed by atoms with Gasteiger partial charge in [0.05, 0.1) is 16.4 Å². The third-order valence-corrected chi connectivity index (χ3v) is 4.77. The summed E-state index contributed by atoms with van der Waals surface area (Å²) < 4.78 is 4.99. The fourth-order valence-corrected chi connectivity index (χ4v) is 3.36. The summed E-state index contributed by atoms with van der Waals surface area (Å²) in [7, 11) is 0. The van der Waals surface area contributed by atoms with Crippen molar-refractivity contribution >= 4 is 17.6 Å². The molecule has 0 spiro atoms. The zero-order chi connectivity index (χ0) is 20.4. The van der Waals surface area contributed by atoms with Gasteiger partial charge in [-0.2, -0.15) is 0 Å². The molecule has 1 amide bonds. The lowest BCUT2D eigenvalue weighted by atomic mass is 9.80. The number of nitrogens with one attached hydrogen (secondary N) is 2. The van der Waals surface area contributed by atoms with Crippen LogP contribution in [0.1, 0.15) is 38.2 Å². The van der Waals surface area contributed by atoms with Crippen LogP contribution in [0.25, 0.3) is 0 Å². The molecule has 1 aromatic rings. The van der Waals surface area contributed by atoms with E-state index in [0.29, 0.717) is 22.5 Å². The van der Waals surface area contributed by atoms with Crippen LogP contribution in [0, 0.1) is 10.1 Å². The minimum atomic E-state index is -0.807. The van der Waals surface area contributed by atoms with Gasteiger partial charge in [0.2, 0.25) is 5.91 Å². The maximum atomic E-state index is 13.0. The van der Waals surface area contributed by atoms with Crippen LogP contribution in [0.3, 0.4) is 0 Å². The Morgan fingerprint density at radius 2 is 1.96 bits per heavy atom. The lowest BCUT2D eigenvalue weighted by molar-refractivity contribution is -0.384. The Balaban J connectivity index is 2.13. The minimum absolute atomic E-state index is 0.116. The van der Waals surface area contributed by atoms with E-state index in [0.717, 1.165) is 12.8 Å². The molecule has 2 aliphatic rings. The number of dihydropyridines is 1. The average molecular weight is 386 g/mol. The minimum Gasteiger partial charge on any atom is -0.447 e. The van der Waals surface area contributed by atoms with E-state index in [1.807, 2.05) is 0 Å². The van der Waals surface area contributed by atoms with Crippen molar-refractivity contribution < 1.29 is 19.2 Å². The number of nitro groups is 1. The Bertz CT molecular complexity index is 901. The number of ether oxygens (including phenoxy) is 1. The molecule has 1 heterocycles. The smallest absolute Gasteiger partial charge is 0.338 e. The molecular formula is C19H22N4O5. The molecule has 148 valence electrons. The molecule has 28 heavy (non-hydrogen) atoms. The van der Waals surface area contributed by atoms with Gasteiger partial charge >= 0.3 is 5.97 Å². The molecule has 0 saturated heterocycles. The van der Waals surface area contributed by atoms with Crippen LogP contribution in [0.4, 0.5) is 5.69 Å². The predicted octanol–water partition coefficient (Wildman–Crippen LogP) is 1.57. The molecule has 1 unspecified atom stereocenters. The quantitative estimate of drug-likeness (QED) is 0.292. The number of benzene rings is 1. The number of rotatable bonds is 6. The molecule has 1 atom stereocenters. The number of hydrogen-bond acceptors (Lipinski definition) is 7. The SMILES string of the molecule is CC1=C(C(=O)NC2CC2)C(c2cccc([N+](=O)[O-])c2)C(C(=O)OCN)=C(C)N1. The number of carbonyl (C=O) groups excluding carboxylic acids is 2. The zero-order valence-electron chi connectivity index (χ0n) is 15.7. The van der Waals surface area contributed by atoms with E-state index in [1.165, 1.54) is 18.2 Å². The molecular weight excluding hydrogens is 364 g/mol. The van der Waals surface area contributed by atoms with Gasteiger partial charge in [-0.1, -0.05) is 12.1 Å². The van der Waals surface area contributed by atoms with E-state index in [2.05, 4.69) is 10.6 Å². The molecule has 1 fully saturated rings. The van der Waals surface area contributed by atoms with Crippen molar-refractivity contribution in [2.24, 2.45) is 5.73 Å². The van der Waals surface area contributed by atoms with E-state index in [9.17, 15) is 19.7 Å². The van der Waals surface area contributed by atoms with E-state index in [-0.39, 0.29) is 29.9 Å². The van der Waals surface area contributed by atoms with Crippen LogP contribution in [0.2, 0.25) is 0 Å². The standard InChI is InChI=1S/C19H22N4O5/c1-10-15(18(24)22-13-6-7-13)17(12-4-3-5-14(8-12)23(26)27)16(11(2)21-10)19(25)28-9-20/h3-5,8,13,17,21H,6-7,9,20H2,1-2H3,(H,22,24). The number of allylic oxidation sites excluding steroid dienone is 2. The van der Waals surface area contributed by atoms with Crippen LogP contribution in [0.15, 0.2) is 46.8 Å². The third-order valence-electron chi connectivity index (χ3n) is 4.77. The van der Waals surface area contributed by atoms with Gasteiger partial charge in [0.25, 0.3) is 5.69 Å². The maximum Gasteiger partial charge on any atom is 0.338 e. The van der Waals surface area contributed by atoms with Crippen molar-refractivity contribution in [2.75, 3.05) is 6.73 Å². The summed E-state index contributed by atoms with van der Waals surface area (Å²) in [5.74, 6) is -1.79. The largest absolute Gasteiger partial charge is 0.447 e. The Kier molecular flexibility index (Phi) is 5.46. The van der Waals surface area contributed by atoms with Crippen molar-refractivity contribution in [3.8, 4) is 0 Å². The molecule has 1 aliphatic heterocycles. The highest BCUT2D eigenvalue weighted by atomic mass is 16.6. The van der Waals surface area contributed by atoms with E-state index < -0.39 is 16.8 Å². The summed E-state index contributed by atoms with van der Waals surface area (Å²) in [4.78, 5) is 36.3. The lowest BCUT2D eigenvalue weighted by Gasteiger charge is -2.30.